The van der Waals surface area contributed by atoms with Crippen molar-refractivity contribution in [3.8, 4) is 5.75 Å². The van der Waals surface area contributed by atoms with E-state index in [1.54, 1.807) is 17.0 Å². The smallest absolute Gasteiger partial charge is 0.275 e. The molecule has 1 aromatic heterocycles. The van der Waals surface area contributed by atoms with Gasteiger partial charge in [-0.1, -0.05) is 11.6 Å². The van der Waals surface area contributed by atoms with Crippen LogP contribution in [0.5, 0.6) is 5.75 Å². The molecular formula is C12H8ClN3O3S. The van der Waals surface area contributed by atoms with Crippen molar-refractivity contribution in [2.45, 2.75) is 0 Å². The lowest BCUT2D eigenvalue weighted by Crippen LogP contribution is -2.25. The van der Waals surface area contributed by atoms with Crippen LogP contribution in [0.25, 0.3) is 0 Å². The predicted octanol–water partition coefficient (Wildman–Crippen LogP) is 2.38. The zero-order valence-electron chi connectivity index (χ0n) is 9.97. The number of carbonyl (C=O) groups excluding carboxylic acids is 2. The van der Waals surface area contributed by atoms with Gasteiger partial charge in [0, 0.05) is 11.4 Å². The molecule has 0 fully saturated rings. The first-order valence-corrected chi connectivity index (χ1v) is 6.91. The first-order valence-electron chi connectivity index (χ1n) is 5.59. The lowest BCUT2D eigenvalue weighted by molar-refractivity contribution is -0.118. The summed E-state index contributed by atoms with van der Waals surface area (Å²) in [4.78, 5) is 27.0. The third-order valence-corrected chi connectivity index (χ3v) is 3.51. The van der Waals surface area contributed by atoms with Gasteiger partial charge in [0.1, 0.15) is 11.4 Å². The van der Waals surface area contributed by atoms with Gasteiger partial charge in [-0.2, -0.15) is 0 Å². The van der Waals surface area contributed by atoms with Gasteiger partial charge in [-0.15, -0.1) is 11.3 Å². The van der Waals surface area contributed by atoms with Crippen molar-refractivity contribution in [3.05, 3.63) is 33.7 Å². The molecule has 8 heteroatoms. The van der Waals surface area contributed by atoms with E-state index in [0.29, 0.717) is 27.8 Å². The van der Waals surface area contributed by atoms with Crippen molar-refractivity contribution < 1.29 is 14.3 Å². The minimum atomic E-state index is -0.354. The Balaban J connectivity index is 1.87. The fourth-order valence-corrected chi connectivity index (χ4v) is 2.45. The van der Waals surface area contributed by atoms with Crippen LogP contribution in [0.4, 0.5) is 11.4 Å². The van der Waals surface area contributed by atoms with Gasteiger partial charge in [0.05, 0.1) is 21.9 Å². The number of amides is 2. The molecule has 0 spiro atoms. The minimum Gasteiger partial charge on any atom is -0.482 e. The van der Waals surface area contributed by atoms with E-state index in [1.807, 2.05) is 0 Å². The van der Waals surface area contributed by atoms with Crippen molar-refractivity contribution in [3.63, 3.8) is 0 Å². The average Bonchev–Trinajstić information content (AvgIpc) is 2.94. The number of halogens is 1. The number of ether oxygens (including phenoxy) is 1. The second kappa shape index (κ2) is 5.10. The predicted molar refractivity (Wildman–Crippen MR) is 75.6 cm³/mol. The monoisotopic (exact) mass is 309 g/mol. The maximum atomic E-state index is 11.9. The molecule has 3 rings (SSSR count). The Morgan fingerprint density at radius 2 is 2.35 bits per heavy atom. The molecule has 102 valence electrons. The zero-order valence-corrected chi connectivity index (χ0v) is 11.5. The summed E-state index contributed by atoms with van der Waals surface area (Å²) >= 11 is 7.40. The number of nitrogens with one attached hydrogen (secondary N) is 2. The normalized spacial score (nSPS) is 13.2. The van der Waals surface area contributed by atoms with Crippen molar-refractivity contribution >= 4 is 46.1 Å². The van der Waals surface area contributed by atoms with Crippen LogP contribution in [-0.4, -0.2) is 23.4 Å². The highest BCUT2D eigenvalue weighted by Gasteiger charge is 2.19. The minimum absolute atomic E-state index is 0.0614. The Kier molecular flexibility index (Phi) is 3.29. The third kappa shape index (κ3) is 2.45. The van der Waals surface area contributed by atoms with Gasteiger partial charge in [0.2, 0.25) is 0 Å². The summed E-state index contributed by atoms with van der Waals surface area (Å²) in [6.07, 6.45) is 0. The summed E-state index contributed by atoms with van der Waals surface area (Å²) in [6, 6.07) is 3.10. The third-order valence-electron chi connectivity index (χ3n) is 2.62. The van der Waals surface area contributed by atoms with Crippen LogP contribution >= 0.6 is 22.9 Å². The highest BCUT2D eigenvalue weighted by molar-refractivity contribution is 7.07. The highest BCUT2D eigenvalue weighted by Crippen LogP contribution is 2.36. The maximum absolute atomic E-state index is 11.9. The van der Waals surface area contributed by atoms with Crippen LogP contribution in [0.2, 0.25) is 5.02 Å². The molecule has 2 N–H and O–H groups in total. The summed E-state index contributed by atoms with van der Waals surface area (Å²) in [5.74, 6) is -0.136. The molecule has 2 heterocycles. The fourth-order valence-electron chi connectivity index (χ4n) is 1.71. The molecule has 0 saturated carbocycles. The van der Waals surface area contributed by atoms with Crippen LogP contribution < -0.4 is 15.4 Å². The van der Waals surface area contributed by atoms with Gasteiger partial charge in [0.15, 0.2) is 6.61 Å². The lowest BCUT2D eigenvalue weighted by atomic mass is 10.2. The molecular weight excluding hydrogens is 302 g/mol. The van der Waals surface area contributed by atoms with Crippen molar-refractivity contribution in [2.75, 3.05) is 17.2 Å². The molecule has 0 saturated heterocycles. The van der Waals surface area contributed by atoms with Gasteiger partial charge in [0.25, 0.3) is 11.8 Å². The Bertz CT molecular complexity index is 688. The summed E-state index contributed by atoms with van der Waals surface area (Å²) in [5, 5.41) is 7.23. The van der Waals surface area contributed by atoms with Crippen LogP contribution in [0.1, 0.15) is 10.5 Å². The van der Waals surface area contributed by atoms with E-state index >= 15 is 0 Å². The molecule has 0 bridgehead atoms. The number of fused-ring (bicyclic) bond motifs is 1. The number of rotatable bonds is 2. The second-order valence-corrected chi connectivity index (χ2v) is 5.12. The topological polar surface area (TPSA) is 80.3 Å². The maximum Gasteiger partial charge on any atom is 0.275 e. The molecule has 20 heavy (non-hydrogen) atoms. The van der Waals surface area contributed by atoms with Crippen molar-refractivity contribution in [1.29, 1.82) is 0 Å². The number of benzene rings is 1. The Labute approximate surface area is 122 Å². The summed E-state index contributed by atoms with van der Waals surface area (Å²) in [5.41, 5.74) is 2.78. The van der Waals surface area contributed by atoms with E-state index in [4.69, 9.17) is 16.3 Å². The average molecular weight is 310 g/mol. The van der Waals surface area contributed by atoms with Gasteiger partial charge >= 0.3 is 0 Å². The number of aromatic nitrogens is 1. The van der Waals surface area contributed by atoms with E-state index in [9.17, 15) is 9.59 Å². The van der Waals surface area contributed by atoms with E-state index in [-0.39, 0.29) is 18.4 Å². The van der Waals surface area contributed by atoms with Crippen LogP contribution in [0.15, 0.2) is 23.0 Å². The lowest BCUT2D eigenvalue weighted by Gasteiger charge is -2.19. The molecule has 2 amide bonds. The number of carbonyl (C=O) groups is 2. The number of hydrogen-bond donors (Lipinski definition) is 2. The van der Waals surface area contributed by atoms with Crippen LogP contribution in [0.3, 0.4) is 0 Å². The molecule has 1 aliphatic heterocycles. The second-order valence-electron chi connectivity index (χ2n) is 3.99. The Hall–Kier alpha value is -2.12. The molecule has 0 aliphatic carbocycles. The number of thiazole rings is 1. The standard InChI is InChI=1S/C12H8ClN3O3S/c13-6-1-8-10(19-3-11(17)15-8)2-7(6)16-12(18)9-4-20-5-14-9/h1-2,4-5H,3H2,(H,15,17)(H,16,18). The first-order chi connectivity index (χ1) is 9.63. The molecule has 0 radical (unpaired) electrons. The number of anilines is 2. The Morgan fingerprint density at radius 3 is 3.10 bits per heavy atom. The molecule has 0 atom stereocenters. The molecule has 1 aliphatic rings. The fraction of sp³-hybridized carbons (Fsp3) is 0.0833. The van der Waals surface area contributed by atoms with Gasteiger partial charge in [-0.05, 0) is 6.07 Å². The largest absolute Gasteiger partial charge is 0.482 e. The summed E-state index contributed by atoms with van der Waals surface area (Å²) in [7, 11) is 0. The highest BCUT2D eigenvalue weighted by atomic mass is 35.5. The zero-order chi connectivity index (χ0) is 14.1. The van der Waals surface area contributed by atoms with Crippen LogP contribution in [0, 0.1) is 0 Å². The first kappa shape index (κ1) is 12.9. The van der Waals surface area contributed by atoms with E-state index in [2.05, 4.69) is 15.6 Å². The van der Waals surface area contributed by atoms with Gasteiger partial charge in [-0.3, -0.25) is 9.59 Å². The Morgan fingerprint density at radius 1 is 1.50 bits per heavy atom. The van der Waals surface area contributed by atoms with Crippen molar-refractivity contribution in [1.82, 2.24) is 4.98 Å². The number of nitrogens with zero attached hydrogens (tertiary/aromatic N) is 1. The molecule has 0 unspecified atom stereocenters. The molecule has 1 aromatic carbocycles. The SMILES string of the molecule is O=C1COc2cc(NC(=O)c3cscn3)c(Cl)cc2N1. The molecule has 6 nitrogen and oxygen atoms in total. The number of hydrogen-bond acceptors (Lipinski definition) is 5. The van der Waals surface area contributed by atoms with Gasteiger partial charge in [-0.25, -0.2) is 4.98 Å². The van der Waals surface area contributed by atoms with E-state index in [1.165, 1.54) is 17.4 Å². The van der Waals surface area contributed by atoms with Gasteiger partial charge < -0.3 is 15.4 Å². The van der Waals surface area contributed by atoms with Crippen molar-refractivity contribution in [2.24, 2.45) is 0 Å². The molecule has 2 aromatic rings. The quantitative estimate of drug-likeness (QED) is 0.892. The summed E-state index contributed by atoms with van der Waals surface area (Å²) in [6.45, 7) is -0.0614. The van der Waals surface area contributed by atoms with E-state index < -0.39 is 0 Å². The van der Waals surface area contributed by atoms with E-state index in [0.717, 1.165) is 0 Å². The van der Waals surface area contributed by atoms with Crippen LogP contribution in [-0.2, 0) is 4.79 Å². The summed E-state index contributed by atoms with van der Waals surface area (Å²) < 4.78 is 5.27.